The highest BCUT2D eigenvalue weighted by Gasteiger charge is 2.15. The van der Waals surface area contributed by atoms with E-state index in [0.717, 1.165) is 22.0 Å². The number of rotatable bonds is 4. The van der Waals surface area contributed by atoms with Gasteiger partial charge in [-0.3, -0.25) is 14.8 Å². The Morgan fingerprint density at radius 3 is 2.82 bits per heavy atom. The van der Waals surface area contributed by atoms with Crippen LogP contribution in [0.15, 0.2) is 40.4 Å². The maximum atomic E-state index is 12.2. The molecule has 22 heavy (non-hydrogen) atoms. The lowest BCUT2D eigenvalue weighted by Crippen LogP contribution is -2.24. The van der Waals surface area contributed by atoms with Gasteiger partial charge in [-0.15, -0.1) is 11.3 Å². The smallest absolute Gasteiger partial charge is 0.255 e. The molecule has 1 N–H and O–H groups in total. The van der Waals surface area contributed by atoms with E-state index in [1.54, 1.807) is 36.7 Å². The third-order valence-corrected chi connectivity index (χ3v) is 4.11. The summed E-state index contributed by atoms with van der Waals surface area (Å²) in [6, 6.07) is 5.69. The SMILES string of the molecule is Cc1cc(C(=O)NCc2nccnc2-c2cccs2)c(C)o1. The molecule has 6 heteroatoms. The minimum absolute atomic E-state index is 0.169. The number of nitrogens with zero attached hydrogens (tertiary/aromatic N) is 2. The maximum absolute atomic E-state index is 12.2. The number of aromatic nitrogens is 2. The zero-order valence-electron chi connectivity index (χ0n) is 12.3. The van der Waals surface area contributed by atoms with Gasteiger partial charge in [0.25, 0.3) is 5.91 Å². The monoisotopic (exact) mass is 313 g/mol. The first-order valence-corrected chi connectivity index (χ1v) is 7.72. The average Bonchev–Trinajstić information content (AvgIpc) is 3.15. The second kappa shape index (κ2) is 6.11. The summed E-state index contributed by atoms with van der Waals surface area (Å²) < 4.78 is 5.38. The number of aryl methyl sites for hydroxylation is 2. The van der Waals surface area contributed by atoms with Gasteiger partial charge >= 0.3 is 0 Å². The van der Waals surface area contributed by atoms with Crippen LogP contribution in [0, 0.1) is 13.8 Å². The van der Waals surface area contributed by atoms with E-state index in [-0.39, 0.29) is 5.91 Å². The molecular formula is C16H15N3O2S. The summed E-state index contributed by atoms with van der Waals surface area (Å²) in [5.41, 5.74) is 2.10. The molecule has 0 saturated carbocycles. The predicted molar refractivity (Wildman–Crippen MR) is 84.7 cm³/mol. The molecule has 1 amide bonds. The Morgan fingerprint density at radius 1 is 1.32 bits per heavy atom. The highest BCUT2D eigenvalue weighted by molar-refractivity contribution is 7.13. The highest BCUT2D eigenvalue weighted by atomic mass is 32.1. The van der Waals surface area contributed by atoms with E-state index < -0.39 is 0 Å². The van der Waals surface area contributed by atoms with Crippen molar-refractivity contribution in [3.8, 4) is 10.6 Å². The zero-order valence-corrected chi connectivity index (χ0v) is 13.1. The summed E-state index contributed by atoms with van der Waals surface area (Å²) in [5, 5.41) is 4.87. The van der Waals surface area contributed by atoms with E-state index in [9.17, 15) is 4.79 Å². The fourth-order valence-electron chi connectivity index (χ4n) is 2.23. The number of carbonyl (C=O) groups excluding carboxylic acids is 1. The Morgan fingerprint density at radius 2 is 2.14 bits per heavy atom. The lowest BCUT2D eigenvalue weighted by Gasteiger charge is -2.07. The molecule has 0 saturated heterocycles. The molecular weight excluding hydrogens is 298 g/mol. The Labute approximate surface area is 132 Å². The molecule has 3 aromatic rings. The van der Waals surface area contributed by atoms with E-state index in [0.29, 0.717) is 17.9 Å². The average molecular weight is 313 g/mol. The van der Waals surface area contributed by atoms with E-state index in [2.05, 4.69) is 15.3 Å². The first kappa shape index (κ1) is 14.5. The second-order valence-electron chi connectivity index (χ2n) is 4.84. The molecule has 0 unspecified atom stereocenters. The molecule has 0 aliphatic carbocycles. The van der Waals surface area contributed by atoms with Crippen LogP contribution in [-0.4, -0.2) is 15.9 Å². The first-order valence-electron chi connectivity index (χ1n) is 6.84. The van der Waals surface area contributed by atoms with Crippen molar-refractivity contribution in [2.75, 3.05) is 0 Å². The Balaban J connectivity index is 1.77. The van der Waals surface area contributed by atoms with Gasteiger partial charge in [-0.25, -0.2) is 0 Å². The van der Waals surface area contributed by atoms with Crippen LogP contribution >= 0.6 is 11.3 Å². The molecule has 3 aromatic heterocycles. The minimum Gasteiger partial charge on any atom is -0.466 e. The molecule has 3 rings (SSSR count). The van der Waals surface area contributed by atoms with Crippen molar-refractivity contribution >= 4 is 17.2 Å². The number of thiophene rings is 1. The third kappa shape index (κ3) is 2.92. The molecule has 0 aliphatic rings. The van der Waals surface area contributed by atoms with Crippen molar-refractivity contribution in [1.29, 1.82) is 0 Å². The third-order valence-electron chi connectivity index (χ3n) is 3.23. The number of amides is 1. The molecule has 0 aliphatic heterocycles. The van der Waals surface area contributed by atoms with E-state index >= 15 is 0 Å². The van der Waals surface area contributed by atoms with Crippen LogP contribution in [0.25, 0.3) is 10.6 Å². The van der Waals surface area contributed by atoms with E-state index in [1.165, 1.54) is 0 Å². The first-order chi connectivity index (χ1) is 10.6. The van der Waals surface area contributed by atoms with Gasteiger partial charge in [0.15, 0.2) is 0 Å². The molecule has 0 atom stereocenters. The second-order valence-corrected chi connectivity index (χ2v) is 5.79. The highest BCUT2D eigenvalue weighted by Crippen LogP contribution is 2.24. The quantitative estimate of drug-likeness (QED) is 0.802. The normalized spacial score (nSPS) is 10.6. The maximum Gasteiger partial charge on any atom is 0.255 e. The standard InChI is InChI=1S/C16H15N3O2S/c1-10-8-12(11(2)21-10)16(20)19-9-13-15(18-6-5-17-13)14-4-3-7-22-14/h3-8H,9H2,1-2H3,(H,19,20). The summed E-state index contributed by atoms with van der Waals surface area (Å²) >= 11 is 1.60. The van der Waals surface area contributed by atoms with E-state index in [1.807, 2.05) is 24.4 Å². The fraction of sp³-hybridized carbons (Fsp3) is 0.188. The lowest BCUT2D eigenvalue weighted by atomic mass is 10.2. The topological polar surface area (TPSA) is 68.0 Å². The summed E-state index contributed by atoms with van der Waals surface area (Å²) in [4.78, 5) is 22.0. The minimum atomic E-state index is -0.169. The molecule has 0 radical (unpaired) electrons. The van der Waals surface area contributed by atoms with Crippen molar-refractivity contribution in [1.82, 2.24) is 15.3 Å². The van der Waals surface area contributed by atoms with Gasteiger partial charge in [-0.1, -0.05) is 6.07 Å². The number of nitrogens with one attached hydrogen (secondary N) is 1. The Bertz CT molecular complexity index is 794. The van der Waals surface area contributed by atoms with Gasteiger partial charge in [-0.05, 0) is 31.4 Å². The molecule has 0 aromatic carbocycles. The largest absolute Gasteiger partial charge is 0.466 e. The van der Waals surface area contributed by atoms with Crippen LogP contribution in [-0.2, 0) is 6.54 Å². The number of furan rings is 1. The number of hydrogen-bond acceptors (Lipinski definition) is 5. The molecule has 0 spiro atoms. The van der Waals surface area contributed by atoms with Gasteiger partial charge in [0, 0.05) is 12.4 Å². The van der Waals surface area contributed by atoms with Gasteiger partial charge in [0.2, 0.25) is 0 Å². The molecule has 0 bridgehead atoms. The lowest BCUT2D eigenvalue weighted by molar-refractivity contribution is 0.0949. The summed E-state index contributed by atoms with van der Waals surface area (Å²) in [6.07, 6.45) is 3.29. The van der Waals surface area contributed by atoms with Crippen LogP contribution in [0.2, 0.25) is 0 Å². The van der Waals surface area contributed by atoms with Crippen molar-refractivity contribution in [3.05, 3.63) is 58.8 Å². The summed E-state index contributed by atoms with van der Waals surface area (Å²) in [7, 11) is 0. The Hall–Kier alpha value is -2.47. The van der Waals surface area contributed by atoms with Gasteiger partial charge in [0.05, 0.1) is 22.7 Å². The van der Waals surface area contributed by atoms with Crippen molar-refractivity contribution in [3.63, 3.8) is 0 Å². The molecule has 5 nitrogen and oxygen atoms in total. The van der Waals surface area contributed by atoms with Crippen molar-refractivity contribution < 1.29 is 9.21 Å². The van der Waals surface area contributed by atoms with Crippen molar-refractivity contribution in [2.24, 2.45) is 0 Å². The van der Waals surface area contributed by atoms with Crippen LogP contribution < -0.4 is 5.32 Å². The van der Waals surface area contributed by atoms with Crippen molar-refractivity contribution in [2.45, 2.75) is 20.4 Å². The number of hydrogen-bond donors (Lipinski definition) is 1. The Kier molecular flexibility index (Phi) is 4.02. The molecule has 0 fully saturated rings. The van der Waals surface area contributed by atoms with Gasteiger partial charge in [-0.2, -0.15) is 0 Å². The summed E-state index contributed by atoms with van der Waals surface area (Å²) in [6.45, 7) is 3.92. The van der Waals surface area contributed by atoms with Gasteiger partial charge < -0.3 is 9.73 Å². The predicted octanol–water partition coefficient (Wildman–Crippen LogP) is 3.34. The van der Waals surface area contributed by atoms with E-state index in [4.69, 9.17) is 4.42 Å². The fourth-order valence-corrected chi connectivity index (χ4v) is 2.97. The van der Waals surface area contributed by atoms with Crippen LogP contribution in [0.1, 0.15) is 27.6 Å². The van der Waals surface area contributed by atoms with Crippen LogP contribution in [0.4, 0.5) is 0 Å². The van der Waals surface area contributed by atoms with Crippen LogP contribution in [0.3, 0.4) is 0 Å². The zero-order chi connectivity index (χ0) is 15.5. The molecule has 112 valence electrons. The molecule has 3 heterocycles. The summed E-state index contributed by atoms with van der Waals surface area (Å²) in [5.74, 6) is 1.17. The number of carbonyl (C=O) groups is 1. The van der Waals surface area contributed by atoms with Gasteiger partial charge in [0.1, 0.15) is 17.2 Å². The van der Waals surface area contributed by atoms with Crippen LogP contribution in [0.5, 0.6) is 0 Å².